The summed E-state index contributed by atoms with van der Waals surface area (Å²) >= 11 is 0. The molecule has 0 atom stereocenters. The number of carboxylic acid groups (broad SMARTS) is 1. The van der Waals surface area contributed by atoms with E-state index < -0.39 is 11.5 Å². The fourth-order valence-corrected chi connectivity index (χ4v) is 2.12. The Morgan fingerprint density at radius 3 is 2.61 bits per heavy atom. The fraction of sp³-hybridized carbons (Fsp3) is 0.583. The molecule has 1 aromatic heterocycles. The lowest BCUT2D eigenvalue weighted by atomic mass is 9.76. The third-order valence-electron chi connectivity index (χ3n) is 3.49. The second kappa shape index (κ2) is 4.44. The van der Waals surface area contributed by atoms with Crippen molar-refractivity contribution in [2.75, 3.05) is 0 Å². The van der Waals surface area contributed by atoms with Gasteiger partial charge in [0.05, 0.1) is 5.69 Å². The van der Waals surface area contributed by atoms with E-state index in [0.29, 0.717) is 18.5 Å². The van der Waals surface area contributed by atoms with E-state index in [1.807, 2.05) is 6.92 Å². The van der Waals surface area contributed by atoms with E-state index in [1.165, 1.54) is 4.68 Å². The van der Waals surface area contributed by atoms with Crippen LogP contribution < -0.4 is 5.32 Å². The summed E-state index contributed by atoms with van der Waals surface area (Å²) in [5, 5.41) is 16.0. The summed E-state index contributed by atoms with van der Waals surface area (Å²) in [5.41, 5.74) is 0.147. The summed E-state index contributed by atoms with van der Waals surface area (Å²) in [4.78, 5) is 23.3. The number of aromatic nitrogens is 2. The van der Waals surface area contributed by atoms with Gasteiger partial charge in [0.15, 0.2) is 0 Å². The van der Waals surface area contributed by atoms with Gasteiger partial charge in [0.25, 0.3) is 5.91 Å². The molecule has 0 radical (unpaired) electrons. The predicted molar refractivity (Wildman–Crippen MR) is 64.3 cm³/mol. The van der Waals surface area contributed by atoms with E-state index in [9.17, 15) is 9.59 Å². The Labute approximate surface area is 105 Å². The van der Waals surface area contributed by atoms with Crippen molar-refractivity contribution in [3.8, 4) is 0 Å². The van der Waals surface area contributed by atoms with Gasteiger partial charge in [-0.05, 0) is 31.7 Å². The number of carbonyl (C=O) groups is 2. The number of aliphatic carboxylic acids is 1. The topological polar surface area (TPSA) is 84.2 Å². The van der Waals surface area contributed by atoms with Gasteiger partial charge in [0, 0.05) is 7.05 Å². The van der Waals surface area contributed by atoms with Crippen LogP contribution in [0.1, 0.15) is 42.4 Å². The normalized spacial score (nSPS) is 17.0. The van der Waals surface area contributed by atoms with Gasteiger partial charge < -0.3 is 10.4 Å². The molecule has 98 valence electrons. The summed E-state index contributed by atoms with van der Waals surface area (Å²) in [6, 6.07) is 1.70. The number of carboxylic acids is 1. The third kappa shape index (κ3) is 1.98. The molecule has 0 aromatic carbocycles. The summed E-state index contributed by atoms with van der Waals surface area (Å²) in [6.45, 7) is 1.95. The van der Waals surface area contributed by atoms with E-state index in [2.05, 4.69) is 10.4 Å². The first-order chi connectivity index (χ1) is 8.48. The van der Waals surface area contributed by atoms with Crippen molar-refractivity contribution in [1.29, 1.82) is 0 Å². The lowest BCUT2D eigenvalue weighted by Gasteiger charge is -2.38. The number of amides is 1. The zero-order valence-corrected chi connectivity index (χ0v) is 10.6. The highest BCUT2D eigenvalue weighted by Gasteiger charge is 2.46. The van der Waals surface area contributed by atoms with Crippen molar-refractivity contribution in [3.63, 3.8) is 0 Å². The van der Waals surface area contributed by atoms with Crippen LogP contribution in [0, 0.1) is 0 Å². The Morgan fingerprint density at radius 2 is 2.22 bits per heavy atom. The second-order valence-corrected chi connectivity index (χ2v) is 4.69. The number of nitrogens with one attached hydrogen (secondary N) is 1. The molecule has 0 spiro atoms. The molecule has 0 unspecified atom stereocenters. The van der Waals surface area contributed by atoms with Crippen LogP contribution in [0.2, 0.25) is 0 Å². The first-order valence-corrected chi connectivity index (χ1v) is 6.07. The van der Waals surface area contributed by atoms with E-state index >= 15 is 0 Å². The maximum atomic E-state index is 12.1. The largest absolute Gasteiger partial charge is 0.480 e. The summed E-state index contributed by atoms with van der Waals surface area (Å²) in [6.07, 6.45) is 2.56. The highest BCUT2D eigenvalue weighted by molar-refractivity contribution is 5.97. The minimum absolute atomic E-state index is 0.369. The van der Waals surface area contributed by atoms with Gasteiger partial charge >= 0.3 is 5.97 Å². The highest BCUT2D eigenvalue weighted by atomic mass is 16.4. The highest BCUT2D eigenvalue weighted by Crippen LogP contribution is 2.32. The van der Waals surface area contributed by atoms with Gasteiger partial charge in [-0.15, -0.1) is 0 Å². The molecule has 1 amide bonds. The van der Waals surface area contributed by atoms with Gasteiger partial charge in [-0.3, -0.25) is 9.48 Å². The molecule has 1 aliphatic carbocycles. The Balaban J connectivity index is 2.16. The molecule has 0 bridgehead atoms. The van der Waals surface area contributed by atoms with Crippen LogP contribution in [0.4, 0.5) is 0 Å². The molecule has 6 nitrogen and oxygen atoms in total. The van der Waals surface area contributed by atoms with Crippen molar-refractivity contribution < 1.29 is 14.7 Å². The molecular weight excluding hydrogens is 234 g/mol. The Hall–Kier alpha value is -1.85. The van der Waals surface area contributed by atoms with Crippen LogP contribution in [-0.2, 0) is 18.3 Å². The number of carbonyl (C=O) groups excluding carboxylic acids is 1. The monoisotopic (exact) mass is 251 g/mol. The molecule has 1 fully saturated rings. The molecule has 1 heterocycles. The van der Waals surface area contributed by atoms with Gasteiger partial charge in [-0.25, -0.2) is 4.79 Å². The number of nitrogens with zero attached hydrogens (tertiary/aromatic N) is 2. The molecule has 0 saturated heterocycles. The zero-order chi connectivity index (χ0) is 13.3. The third-order valence-corrected chi connectivity index (χ3v) is 3.49. The van der Waals surface area contributed by atoms with Gasteiger partial charge in [0.1, 0.15) is 11.2 Å². The second-order valence-electron chi connectivity index (χ2n) is 4.69. The maximum absolute atomic E-state index is 12.1. The summed E-state index contributed by atoms with van der Waals surface area (Å²) in [5.74, 6) is -1.33. The molecule has 1 aromatic rings. The minimum atomic E-state index is -1.08. The molecule has 0 aliphatic heterocycles. The summed E-state index contributed by atoms with van der Waals surface area (Å²) in [7, 11) is 1.68. The van der Waals surface area contributed by atoms with Crippen LogP contribution in [0.3, 0.4) is 0 Å². The van der Waals surface area contributed by atoms with Crippen LogP contribution >= 0.6 is 0 Å². The fourth-order valence-electron chi connectivity index (χ4n) is 2.12. The predicted octanol–water partition coefficient (Wildman–Crippen LogP) is 0.720. The van der Waals surface area contributed by atoms with Gasteiger partial charge in [0.2, 0.25) is 0 Å². The SMILES string of the molecule is CCc1cc(C(=O)NC2(C(=O)O)CCC2)n(C)n1. The molecule has 2 N–H and O–H groups in total. The molecule has 6 heteroatoms. The van der Waals surface area contributed by atoms with E-state index in [1.54, 1.807) is 13.1 Å². The lowest BCUT2D eigenvalue weighted by Crippen LogP contribution is -2.59. The van der Waals surface area contributed by atoms with Crippen LogP contribution in [-0.4, -0.2) is 32.3 Å². The van der Waals surface area contributed by atoms with Crippen molar-refractivity contribution in [1.82, 2.24) is 15.1 Å². The van der Waals surface area contributed by atoms with Crippen molar-refractivity contribution >= 4 is 11.9 Å². The van der Waals surface area contributed by atoms with Crippen molar-refractivity contribution in [2.24, 2.45) is 7.05 Å². The lowest BCUT2D eigenvalue weighted by molar-refractivity contribution is -0.148. The zero-order valence-electron chi connectivity index (χ0n) is 10.6. The standard InChI is InChI=1S/C12H17N3O3/c1-3-8-7-9(15(2)14-8)10(16)13-12(11(17)18)5-4-6-12/h7H,3-6H2,1-2H3,(H,13,16)(H,17,18). The number of rotatable bonds is 4. The number of aryl methyl sites for hydroxylation is 2. The summed E-state index contributed by atoms with van der Waals surface area (Å²) < 4.78 is 1.49. The molecule has 1 saturated carbocycles. The van der Waals surface area contributed by atoms with Crippen molar-refractivity contribution in [2.45, 2.75) is 38.1 Å². The Morgan fingerprint density at radius 1 is 1.56 bits per heavy atom. The molecule has 18 heavy (non-hydrogen) atoms. The Kier molecular flexibility index (Phi) is 3.11. The minimum Gasteiger partial charge on any atom is -0.480 e. The van der Waals surface area contributed by atoms with Crippen LogP contribution in [0.5, 0.6) is 0 Å². The quantitative estimate of drug-likeness (QED) is 0.825. The number of hydrogen-bond acceptors (Lipinski definition) is 3. The van der Waals surface area contributed by atoms with Crippen LogP contribution in [0.15, 0.2) is 6.07 Å². The van der Waals surface area contributed by atoms with E-state index in [-0.39, 0.29) is 5.91 Å². The smallest absolute Gasteiger partial charge is 0.329 e. The van der Waals surface area contributed by atoms with E-state index in [0.717, 1.165) is 18.5 Å². The number of hydrogen-bond donors (Lipinski definition) is 2. The maximum Gasteiger partial charge on any atom is 0.329 e. The van der Waals surface area contributed by atoms with Crippen molar-refractivity contribution in [3.05, 3.63) is 17.5 Å². The van der Waals surface area contributed by atoms with Gasteiger partial charge in [-0.2, -0.15) is 5.10 Å². The first kappa shape index (κ1) is 12.6. The molecule has 1 aliphatic rings. The molecule has 2 rings (SSSR count). The van der Waals surface area contributed by atoms with Gasteiger partial charge in [-0.1, -0.05) is 6.92 Å². The Bertz CT molecular complexity index is 489. The van der Waals surface area contributed by atoms with Crippen LogP contribution in [0.25, 0.3) is 0 Å². The average Bonchev–Trinajstić information content (AvgIpc) is 2.64. The first-order valence-electron chi connectivity index (χ1n) is 6.07. The average molecular weight is 251 g/mol. The molecular formula is C12H17N3O3. The van der Waals surface area contributed by atoms with E-state index in [4.69, 9.17) is 5.11 Å².